The Hall–Kier alpha value is -2.10. The van der Waals surface area contributed by atoms with E-state index in [1.807, 2.05) is 38.1 Å². The van der Waals surface area contributed by atoms with Crippen molar-refractivity contribution in [2.75, 3.05) is 0 Å². The first-order valence-corrected chi connectivity index (χ1v) is 7.05. The lowest BCUT2D eigenvalue weighted by Gasteiger charge is -2.16. The summed E-state index contributed by atoms with van der Waals surface area (Å²) < 4.78 is 0. The zero-order chi connectivity index (χ0) is 14.5. The maximum atomic E-state index is 12.2. The van der Waals surface area contributed by atoms with Gasteiger partial charge in [-0.3, -0.25) is 9.78 Å². The number of aromatic amines is 1. The molecule has 0 bridgehead atoms. The number of aryl methyl sites for hydroxylation is 2. The summed E-state index contributed by atoms with van der Waals surface area (Å²) in [5, 5.41) is 3.03. The maximum Gasteiger partial charge on any atom is 0.268 e. The van der Waals surface area contributed by atoms with Crippen LogP contribution in [0.2, 0.25) is 0 Å². The van der Waals surface area contributed by atoms with Gasteiger partial charge in [0.1, 0.15) is 5.69 Å². The third kappa shape index (κ3) is 3.26. The molecule has 2 aromatic heterocycles. The van der Waals surface area contributed by atoms with Gasteiger partial charge in [0.05, 0.1) is 11.7 Å². The summed E-state index contributed by atoms with van der Waals surface area (Å²) in [6.45, 7) is 6.12. The fourth-order valence-electron chi connectivity index (χ4n) is 2.15. The number of nitrogens with zero attached hydrogens (tertiary/aromatic N) is 1. The van der Waals surface area contributed by atoms with Crippen molar-refractivity contribution >= 4 is 5.91 Å². The zero-order valence-electron chi connectivity index (χ0n) is 12.2. The molecule has 0 fully saturated rings. The van der Waals surface area contributed by atoms with E-state index in [1.54, 1.807) is 6.20 Å². The standard InChI is InChI=1S/C16H21N3O/c1-4-12-6-7-14(18-12)16(20)19-13(5-2)15-10-11(3)8-9-17-15/h6-10,13,18H,4-5H2,1-3H3,(H,19,20). The van der Waals surface area contributed by atoms with Gasteiger partial charge in [0, 0.05) is 11.9 Å². The Balaban J connectivity index is 2.11. The number of carbonyl (C=O) groups excluding carboxylic acids is 1. The quantitative estimate of drug-likeness (QED) is 0.877. The van der Waals surface area contributed by atoms with Crippen molar-refractivity contribution in [3.63, 3.8) is 0 Å². The highest BCUT2D eigenvalue weighted by Crippen LogP contribution is 2.16. The number of amides is 1. The second kappa shape index (κ2) is 6.37. The van der Waals surface area contributed by atoms with E-state index in [-0.39, 0.29) is 11.9 Å². The molecular formula is C16H21N3O. The average molecular weight is 271 g/mol. The molecule has 2 N–H and O–H groups in total. The SMILES string of the molecule is CCc1ccc(C(=O)NC(CC)c2cc(C)ccn2)[nH]1. The van der Waals surface area contributed by atoms with Gasteiger partial charge in [-0.25, -0.2) is 0 Å². The number of H-pyrrole nitrogens is 1. The number of hydrogen-bond donors (Lipinski definition) is 2. The molecule has 0 radical (unpaired) electrons. The van der Waals surface area contributed by atoms with Crippen LogP contribution in [0.1, 0.15) is 53.7 Å². The van der Waals surface area contributed by atoms with Crippen LogP contribution in [-0.2, 0) is 6.42 Å². The lowest BCUT2D eigenvalue weighted by Crippen LogP contribution is -2.29. The van der Waals surface area contributed by atoms with Gasteiger partial charge in [0.2, 0.25) is 0 Å². The maximum absolute atomic E-state index is 12.2. The fraction of sp³-hybridized carbons (Fsp3) is 0.375. The van der Waals surface area contributed by atoms with Crippen molar-refractivity contribution in [3.05, 3.63) is 53.1 Å². The van der Waals surface area contributed by atoms with E-state index < -0.39 is 0 Å². The number of nitrogens with one attached hydrogen (secondary N) is 2. The highest BCUT2D eigenvalue weighted by Gasteiger charge is 2.16. The molecule has 0 aromatic carbocycles. The molecule has 0 saturated carbocycles. The number of rotatable bonds is 5. The highest BCUT2D eigenvalue weighted by atomic mass is 16.1. The monoisotopic (exact) mass is 271 g/mol. The van der Waals surface area contributed by atoms with E-state index in [4.69, 9.17) is 0 Å². The summed E-state index contributed by atoms with van der Waals surface area (Å²) in [7, 11) is 0. The normalized spacial score (nSPS) is 12.2. The van der Waals surface area contributed by atoms with Crippen molar-refractivity contribution in [2.24, 2.45) is 0 Å². The van der Waals surface area contributed by atoms with Crippen molar-refractivity contribution in [1.29, 1.82) is 0 Å². The molecule has 4 nitrogen and oxygen atoms in total. The van der Waals surface area contributed by atoms with E-state index in [0.717, 1.165) is 29.8 Å². The summed E-state index contributed by atoms with van der Waals surface area (Å²) in [5.41, 5.74) is 3.73. The second-order valence-electron chi connectivity index (χ2n) is 4.94. The molecule has 2 aromatic rings. The molecule has 2 rings (SSSR count). The predicted molar refractivity (Wildman–Crippen MR) is 79.6 cm³/mol. The predicted octanol–water partition coefficient (Wildman–Crippen LogP) is 3.16. The van der Waals surface area contributed by atoms with Gasteiger partial charge in [-0.15, -0.1) is 0 Å². The van der Waals surface area contributed by atoms with Crippen LogP contribution in [0.15, 0.2) is 30.5 Å². The van der Waals surface area contributed by atoms with E-state index in [0.29, 0.717) is 5.69 Å². The molecule has 20 heavy (non-hydrogen) atoms. The number of aromatic nitrogens is 2. The molecule has 106 valence electrons. The molecule has 2 heterocycles. The summed E-state index contributed by atoms with van der Waals surface area (Å²) >= 11 is 0. The molecule has 1 amide bonds. The van der Waals surface area contributed by atoms with Crippen LogP contribution in [0, 0.1) is 6.92 Å². The Morgan fingerprint density at radius 1 is 1.35 bits per heavy atom. The highest BCUT2D eigenvalue weighted by molar-refractivity contribution is 5.92. The van der Waals surface area contributed by atoms with E-state index in [1.165, 1.54) is 0 Å². The molecule has 0 spiro atoms. The molecule has 4 heteroatoms. The smallest absolute Gasteiger partial charge is 0.268 e. The fourth-order valence-corrected chi connectivity index (χ4v) is 2.15. The molecule has 0 aliphatic heterocycles. The zero-order valence-corrected chi connectivity index (χ0v) is 12.2. The molecule has 0 aliphatic carbocycles. The molecule has 1 atom stereocenters. The summed E-state index contributed by atoms with van der Waals surface area (Å²) in [6, 6.07) is 7.68. The first-order valence-electron chi connectivity index (χ1n) is 7.05. The van der Waals surface area contributed by atoms with Gasteiger partial charge in [0.25, 0.3) is 5.91 Å². The van der Waals surface area contributed by atoms with Crippen molar-refractivity contribution in [2.45, 2.75) is 39.7 Å². The van der Waals surface area contributed by atoms with Crippen LogP contribution < -0.4 is 5.32 Å². The summed E-state index contributed by atoms with van der Waals surface area (Å²) in [4.78, 5) is 19.7. The van der Waals surface area contributed by atoms with Crippen molar-refractivity contribution in [3.8, 4) is 0 Å². The Labute approximate surface area is 119 Å². The van der Waals surface area contributed by atoms with Crippen LogP contribution >= 0.6 is 0 Å². The van der Waals surface area contributed by atoms with Crippen molar-refractivity contribution < 1.29 is 4.79 Å². The van der Waals surface area contributed by atoms with Crippen LogP contribution in [0.3, 0.4) is 0 Å². The Bertz CT molecular complexity index is 589. The molecular weight excluding hydrogens is 250 g/mol. The number of carbonyl (C=O) groups is 1. The van der Waals surface area contributed by atoms with Crippen LogP contribution in [0.4, 0.5) is 0 Å². The van der Waals surface area contributed by atoms with Gasteiger partial charge in [-0.05, 0) is 49.6 Å². The van der Waals surface area contributed by atoms with Gasteiger partial charge in [-0.2, -0.15) is 0 Å². The Morgan fingerprint density at radius 3 is 2.75 bits per heavy atom. The second-order valence-corrected chi connectivity index (χ2v) is 4.94. The Morgan fingerprint density at radius 2 is 2.15 bits per heavy atom. The minimum absolute atomic E-state index is 0.0595. The molecule has 1 unspecified atom stereocenters. The third-order valence-electron chi connectivity index (χ3n) is 3.38. The van der Waals surface area contributed by atoms with Crippen molar-refractivity contribution in [1.82, 2.24) is 15.3 Å². The topological polar surface area (TPSA) is 57.8 Å². The van der Waals surface area contributed by atoms with Crippen LogP contribution in [0.25, 0.3) is 0 Å². The lowest BCUT2D eigenvalue weighted by atomic mass is 10.1. The Kier molecular flexibility index (Phi) is 4.56. The van der Waals surface area contributed by atoms with Gasteiger partial charge in [-0.1, -0.05) is 13.8 Å². The minimum atomic E-state index is -0.0835. The number of pyridine rings is 1. The molecule has 0 aliphatic rings. The van der Waals surface area contributed by atoms with Crippen LogP contribution in [0.5, 0.6) is 0 Å². The van der Waals surface area contributed by atoms with Gasteiger partial charge in [0.15, 0.2) is 0 Å². The minimum Gasteiger partial charge on any atom is -0.354 e. The third-order valence-corrected chi connectivity index (χ3v) is 3.38. The van der Waals surface area contributed by atoms with E-state index >= 15 is 0 Å². The first-order chi connectivity index (χ1) is 9.63. The van der Waals surface area contributed by atoms with Gasteiger partial charge < -0.3 is 10.3 Å². The van der Waals surface area contributed by atoms with Crippen LogP contribution in [-0.4, -0.2) is 15.9 Å². The largest absolute Gasteiger partial charge is 0.354 e. The summed E-state index contributed by atoms with van der Waals surface area (Å²) in [6.07, 6.45) is 3.48. The lowest BCUT2D eigenvalue weighted by molar-refractivity contribution is 0.0930. The first kappa shape index (κ1) is 14.3. The van der Waals surface area contributed by atoms with E-state index in [9.17, 15) is 4.79 Å². The average Bonchev–Trinajstić information content (AvgIpc) is 2.93. The summed E-state index contributed by atoms with van der Waals surface area (Å²) in [5.74, 6) is -0.0835. The molecule has 0 saturated heterocycles. The number of hydrogen-bond acceptors (Lipinski definition) is 2. The van der Waals surface area contributed by atoms with E-state index in [2.05, 4.69) is 22.2 Å². The van der Waals surface area contributed by atoms with Gasteiger partial charge >= 0.3 is 0 Å².